The van der Waals surface area contributed by atoms with Crippen molar-refractivity contribution < 1.29 is 42.5 Å². The van der Waals surface area contributed by atoms with Gasteiger partial charge in [0.15, 0.2) is 0 Å². The van der Waals surface area contributed by atoms with E-state index in [0.29, 0.717) is 83.5 Å². The minimum absolute atomic E-state index is 0.0840. The van der Waals surface area contributed by atoms with Crippen molar-refractivity contribution in [2.75, 3.05) is 46.2 Å². The van der Waals surface area contributed by atoms with Crippen LogP contribution in [0.4, 0.5) is 0 Å². The number of allylic oxidation sites excluding steroid dienone is 10. The van der Waals surface area contributed by atoms with Crippen LogP contribution in [-0.4, -0.2) is 81.1 Å². The Kier molecular flexibility index (Phi) is 17.1. The first-order chi connectivity index (χ1) is 39.4. The van der Waals surface area contributed by atoms with Crippen LogP contribution in [0.15, 0.2) is 142 Å². The summed E-state index contributed by atoms with van der Waals surface area (Å²) in [6.07, 6.45) is 42.1. The number of aryl methyl sites for hydroxylation is 1. The highest BCUT2D eigenvalue weighted by molar-refractivity contribution is 6.18. The van der Waals surface area contributed by atoms with Crippen LogP contribution >= 0.6 is 0 Å². The fraction of sp³-hybridized carbons (Fsp3) is 0.543. The molecule has 1 aromatic heterocycles. The van der Waals surface area contributed by atoms with Crippen LogP contribution in [0.1, 0.15) is 95.6 Å². The summed E-state index contributed by atoms with van der Waals surface area (Å²) in [5, 5.41) is 0.916. The molecular formula is C70H83NO10. The predicted molar refractivity (Wildman–Crippen MR) is 313 cm³/mol. The number of hydrogen-bond acceptors (Lipinski definition) is 10. The normalized spacial score (nSPS) is 35.4. The molecule has 4 heterocycles. The van der Waals surface area contributed by atoms with E-state index in [0.717, 1.165) is 103 Å². The van der Waals surface area contributed by atoms with Crippen molar-refractivity contribution in [1.29, 1.82) is 0 Å². The summed E-state index contributed by atoms with van der Waals surface area (Å²) >= 11 is 0. The van der Waals surface area contributed by atoms with E-state index in [1.807, 2.05) is 49.4 Å². The Balaban J connectivity index is 0.000000102. The largest absolute Gasteiger partial charge is 0.493 e. The van der Waals surface area contributed by atoms with Gasteiger partial charge in [-0.15, -0.1) is 0 Å². The summed E-state index contributed by atoms with van der Waals surface area (Å²) < 4.78 is 32.4. The van der Waals surface area contributed by atoms with E-state index in [1.54, 1.807) is 26.0 Å². The van der Waals surface area contributed by atoms with Gasteiger partial charge >= 0.3 is 11.6 Å². The molecule has 17 unspecified atom stereocenters. The van der Waals surface area contributed by atoms with Gasteiger partial charge in [-0.2, -0.15) is 0 Å². The number of carbonyl (C=O) groups is 3. The van der Waals surface area contributed by atoms with Gasteiger partial charge in [-0.25, -0.2) is 9.59 Å². The number of ether oxygens (including phenoxy) is 5. The molecule has 3 aliphatic heterocycles. The summed E-state index contributed by atoms with van der Waals surface area (Å²) in [6.45, 7) is 11.2. The Morgan fingerprint density at radius 2 is 1.04 bits per heavy atom. The molecule has 2 aromatic carbocycles. The standard InChI is InChI=1S/C18H20O2.C17H16O3.C14H17NO2.C11H16O2.C10H14O/c1-13-2-4-14(5-3-13)7-9-18(19)20-12-17-11-15-6-8-16(17)10-15;18-17-6-4-12-3-5-15(9-16(12)20-17)19-10-14-8-11-1-2-13(14)7-11;1-8-9(2)14(17)15(13(8)16)7-12-6-10-3-4-11(12)5-10;1-2-9-3-8(1)4-10(9)5-12-6-11-7-13-11;1-2-8-3-7(1)4-9(8)5-10-6-11-10/h2-9,15-17H,10-12H2,1H3;1-6,9,11,13-14H,7-8,10H2;3-4,10-12H,5-7H2,1-2H3;1-2,8-11H,3-7H2;1-2,7-10H,3-6H2/b9-7+;;;;. The zero-order valence-corrected chi connectivity index (χ0v) is 47.7. The highest BCUT2D eigenvalue weighted by Gasteiger charge is 2.43. The maximum Gasteiger partial charge on any atom is 0.336 e. The molecule has 0 spiro atoms. The fourth-order valence-electron chi connectivity index (χ4n) is 15.2. The van der Waals surface area contributed by atoms with Crippen LogP contribution in [0.5, 0.6) is 5.75 Å². The van der Waals surface area contributed by atoms with Gasteiger partial charge in [0, 0.05) is 41.3 Å². The lowest BCUT2D eigenvalue weighted by Gasteiger charge is -2.24. The average Bonchev–Trinajstić information content (AvgIpc) is 4.20. The van der Waals surface area contributed by atoms with Gasteiger partial charge < -0.3 is 28.1 Å². The Morgan fingerprint density at radius 3 is 1.54 bits per heavy atom. The lowest BCUT2D eigenvalue weighted by Crippen LogP contribution is -2.37. The second kappa shape index (κ2) is 24.9. The first-order valence-corrected chi connectivity index (χ1v) is 30.7. The Morgan fingerprint density at radius 1 is 0.543 bits per heavy atom. The molecule has 7 fully saturated rings. The van der Waals surface area contributed by atoms with E-state index in [4.69, 9.17) is 28.1 Å². The third-order valence-corrected chi connectivity index (χ3v) is 20.2. The molecule has 11 nitrogen and oxygen atoms in total. The Hall–Kier alpha value is -5.88. The van der Waals surface area contributed by atoms with Gasteiger partial charge in [-0.05, 0) is 210 Å². The number of fused-ring (bicyclic) bond motifs is 11. The number of nitrogens with zero attached hydrogens (tertiary/aromatic N) is 1. The number of amides is 2. The second-order valence-corrected chi connectivity index (χ2v) is 26.0. The molecule has 11 heteroatoms. The Labute approximate surface area is 478 Å². The zero-order chi connectivity index (χ0) is 55.6. The SMILES string of the molecule is C1=CC2CC1CC2CC1CO1.C1=CC2CC1CC2COCC1CO1.CC1=C(C)C(=O)N(CC2CC3C=CC2C3)C1=O.Cc1ccc(/C=C/C(=O)OCC2CC3C=CC2C3)cc1.O=c1ccc2ccc(OCC3CC4C=CC3C4)cc2o1. The van der Waals surface area contributed by atoms with Gasteiger partial charge in [0.1, 0.15) is 17.4 Å². The van der Waals surface area contributed by atoms with E-state index in [1.165, 1.54) is 86.8 Å². The number of hydrogen-bond donors (Lipinski definition) is 0. The lowest BCUT2D eigenvalue weighted by molar-refractivity contribution is -0.140. The maximum absolute atomic E-state index is 11.9. The quantitative estimate of drug-likeness (QED) is 0.0361. The summed E-state index contributed by atoms with van der Waals surface area (Å²) in [6, 6.07) is 16.9. The lowest BCUT2D eigenvalue weighted by atomic mass is 9.89. The fourth-order valence-corrected chi connectivity index (χ4v) is 15.2. The molecule has 10 bridgehead atoms. The topological polar surface area (TPSA) is 137 Å². The van der Waals surface area contributed by atoms with Gasteiger partial charge in [-0.3, -0.25) is 14.5 Å². The van der Waals surface area contributed by atoms with Crippen molar-refractivity contribution in [3.63, 3.8) is 0 Å². The average molecular weight is 1100 g/mol. The number of epoxide rings is 2. The van der Waals surface area contributed by atoms with Crippen molar-refractivity contribution in [3.8, 4) is 5.75 Å². The number of rotatable bonds is 15. The van der Waals surface area contributed by atoms with Gasteiger partial charge in [0.05, 0.1) is 45.7 Å². The predicted octanol–water partition coefficient (Wildman–Crippen LogP) is 12.7. The number of imide groups is 1. The van der Waals surface area contributed by atoms with Crippen LogP contribution in [0.2, 0.25) is 0 Å². The molecule has 13 aliphatic rings. The van der Waals surface area contributed by atoms with E-state index in [-0.39, 0.29) is 23.4 Å². The van der Waals surface area contributed by atoms with E-state index in [2.05, 4.69) is 60.8 Å². The summed E-state index contributed by atoms with van der Waals surface area (Å²) in [4.78, 5) is 48.3. The minimum Gasteiger partial charge on any atom is -0.493 e. The molecule has 16 rings (SSSR count). The highest BCUT2D eigenvalue weighted by Crippen LogP contribution is 2.48. The maximum atomic E-state index is 11.9. The minimum atomic E-state index is -0.326. The molecule has 0 N–H and O–H groups in total. The summed E-state index contributed by atoms with van der Waals surface area (Å²) in [5.74, 6) is 11.4. The van der Waals surface area contributed by atoms with Gasteiger partial charge in [0.2, 0.25) is 0 Å². The smallest absolute Gasteiger partial charge is 0.336 e. The second-order valence-electron chi connectivity index (χ2n) is 26.0. The molecule has 81 heavy (non-hydrogen) atoms. The van der Waals surface area contributed by atoms with E-state index < -0.39 is 0 Å². The van der Waals surface area contributed by atoms with Crippen LogP contribution in [0.3, 0.4) is 0 Å². The van der Waals surface area contributed by atoms with Crippen LogP contribution in [0, 0.1) is 95.7 Å². The summed E-state index contributed by atoms with van der Waals surface area (Å²) in [5.41, 5.74) is 3.74. The van der Waals surface area contributed by atoms with E-state index >= 15 is 0 Å². The first-order valence-electron chi connectivity index (χ1n) is 30.7. The molecule has 2 amide bonds. The highest BCUT2D eigenvalue weighted by atomic mass is 16.6. The third kappa shape index (κ3) is 14.0. The zero-order valence-electron chi connectivity index (χ0n) is 47.7. The summed E-state index contributed by atoms with van der Waals surface area (Å²) in [7, 11) is 0. The van der Waals surface area contributed by atoms with Crippen molar-refractivity contribution in [2.45, 2.75) is 104 Å². The van der Waals surface area contributed by atoms with Crippen molar-refractivity contribution in [1.82, 2.24) is 4.90 Å². The molecule has 428 valence electrons. The molecule has 0 radical (unpaired) electrons. The molecule has 5 saturated carbocycles. The van der Waals surface area contributed by atoms with Crippen LogP contribution in [-0.2, 0) is 33.3 Å². The van der Waals surface area contributed by atoms with Crippen LogP contribution in [0.25, 0.3) is 17.0 Å². The first kappa shape index (κ1) is 55.6. The van der Waals surface area contributed by atoms with Gasteiger partial charge in [0.25, 0.3) is 11.8 Å². The third-order valence-electron chi connectivity index (χ3n) is 20.2. The number of esters is 1. The Bertz CT molecular complexity index is 3020. The molecule has 3 aromatic rings. The van der Waals surface area contributed by atoms with Crippen molar-refractivity contribution in [3.05, 3.63) is 154 Å². The molecule has 10 aliphatic carbocycles. The van der Waals surface area contributed by atoms with Gasteiger partial charge in [-0.1, -0.05) is 90.6 Å². The van der Waals surface area contributed by atoms with Crippen molar-refractivity contribution in [2.24, 2.45) is 88.8 Å². The van der Waals surface area contributed by atoms with Crippen molar-refractivity contribution >= 4 is 34.8 Å². The number of carbonyl (C=O) groups excluding carboxylic acids is 3. The molecule has 2 saturated heterocycles. The molecular weight excluding hydrogens is 1010 g/mol. The van der Waals surface area contributed by atoms with Crippen LogP contribution < -0.4 is 10.4 Å². The van der Waals surface area contributed by atoms with E-state index in [9.17, 15) is 19.2 Å². The number of benzene rings is 2. The monoisotopic (exact) mass is 1100 g/mol. The molecule has 17 atom stereocenters.